The summed E-state index contributed by atoms with van der Waals surface area (Å²) in [4.78, 5) is 28.5. The standard InChI is InChI=1S/C23H27FN2O3/c1-3-25(2)21(27)17-8-6-9-18(15-17)22(28)26-13-11-23(29,12-14-26)16-19-7-4-5-10-20(19)24/h4-10,15,29H,3,11-14,16H2,1-2H3. The van der Waals surface area contributed by atoms with Gasteiger partial charge in [-0.15, -0.1) is 0 Å². The number of nitrogens with zero attached hydrogens (tertiary/aromatic N) is 2. The Morgan fingerprint density at radius 3 is 2.41 bits per heavy atom. The topological polar surface area (TPSA) is 60.9 Å². The van der Waals surface area contributed by atoms with Gasteiger partial charge in [-0.05, 0) is 49.6 Å². The first-order valence-corrected chi connectivity index (χ1v) is 9.93. The molecule has 0 aromatic heterocycles. The Balaban J connectivity index is 1.66. The maximum Gasteiger partial charge on any atom is 0.253 e. The third-order valence-electron chi connectivity index (χ3n) is 5.64. The van der Waals surface area contributed by atoms with Gasteiger partial charge in [-0.2, -0.15) is 0 Å². The molecule has 1 fully saturated rings. The van der Waals surface area contributed by atoms with Crippen molar-refractivity contribution >= 4 is 11.8 Å². The molecule has 2 amide bonds. The maximum atomic E-state index is 13.9. The molecule has 1 aliphatic rings. The van der Waals surface area contributed by atoms with Crippen LogP contribution in [0.15, 0.2) is 48.5 Å². The molecule has 2 aromatic rings. The van der Waals surface area contributed by atoms with Crippen molar-refractivity contribution in [1.29, 1.82) is 0 Å². The predicted octanol–water partition coefficient (Wildman–Crippen LogP) is 3.13. The molecule has 0 unspecified atom stereocenters. The Kier molecular flexibility index (Phi) is 6.33. The SMILES string of the molecule is CCN(C)C(=O)c1cccc(C(=O)N2CCC(O)(Cc3ccccc3F)CC2)c1. The molecule has 5 nitrogen and oxygen atoms in total. The summed E-state index contributed by atoms with van der Waals surface area (Å²) in [6, 6.07) is 13.2. The molecule has 1 N–H and O–H groups in total. The lowest BCUT2D eigenvalue weighted by Crippen LogP contribution is -2.47. The summed E-state index contributed by atoms with van der Waals surface area (Å²) < 4.78 is 13.9. The number of amides is 2. The molecule has 0 atom stereocenters. The number of benzene rings is 2. The molecule has 0 radical (unpaired) electrons. The van der Waals surface area contributed by atoms with Crippen LogP contribution >= 0.6 is 0 Å². The third-order valence-corrected chi connectivity index (χ3v) is 5.64. The zero-order chi connectivity index (χ0) is 21.0. The van der Waals surface area contributed by atoms with E-state index in [1.54, 1.807) is 59.3 Å². The van der Waals surface area contributed by atoms with Crippen molar-refractivity contribution in [3.05, 3.63) is 71.0 Å². The summed E-state index contributed by atoms with van der Waals surface area (Å²) in [7, 11) is 1.72. The monoisotopic (exact) mass is 398 g/mol. The fourth-order valence-corrected chi connectivity index (χ4v) is 3.63. The summed E-state index contributed by atoms with van der Waals surface area (Å²) in [6.07, 6.45) is 0.990. The predicted molar refractivity (Wildman–Crippen MR) is 109 cm³/mol. The van der Waals surface area contributed by atoms with Crippen molar-refractivity contribution in [2.45, 2.75) is 31.8 Å². The molecule has 2 aromatic carbocycles. The molecule has 0 spiro atoms. The van der Waals surface area contributed by atoms with E-state index >= 15 is 0 Å². The summed E-state index contributed by atoms with van der Waals surface area (Å²) in [5, 5.41) is 10.9. The number of aliphatic hydroxyl groups is 1. The van der Waals surface area contributed by atoms with Crippen LogP contribution in [0.25, 0.3) is 0 Å². The zero-order valence-electron chi connectivity index (χ0n) is 16.9. The molecule has 1 aliphatic heterocycles. The van der Waals surface area contributed by atoms with Crippen molar-refractivity contribution in [2.75, 3.05) is 26.7 Å². The van der Waals surface area contributed by atoms with Crippen molar-refractivity contribution < 1.29 is 19.1 Å². The summed E-state index contributed by atoms with van der Waals surface area (Å²) in [5.74, 6) is -0.607. The van der Waals surface area contributed by atoms with Crippen LogP contribution in [-0.2, 0) is 6.42 Å². The van der Waals surface area contributed by atoms with Crippen molar-refractivity contribution in [1.82, 2.24) is 9.80 Å². The average Bonchev–Trinajstić information content (AvgIpc) is 2.74. The molecule has 1 saturated heterocycles. The highest BCUT2D eigenvalue weighted by Crippen LogP contribution is 2.28. The van der Waals surface area contributed by atoms with Crippen LogP contribution in [-0.4, -0.2) is 59.0 Å². The van der Waals surface area contributed by atoms with Crippen LogP contribution in [0.2, 0.25) is 0 Å². The molecular formula is C23H27FN2O3. The van der Waals surface area contributed by atoms with Gasteiger partial charge in [0.1, 0.15) is 5.82 Å². The first kappa shape index (κ1) is 21.0. The number of carbonyl (C=O) groups excluding carboxylic acids is 2. The Morgan fingerprint density at radius 2 is 1.76 bits per heavy atom. The molecule has 154 valence electrons. The number of rotatable bonds is 5. The van der Waals surface area contributed by atoms with E-state index < -0.39 is 5.60 Å². The fourth-order valence-electron chi connectivity index (χ4n) is 3.63. The minimum Gasteiger partial charge on any atom is -0.389 e. The molecular weight excluding hydrogens is 371 g/mol. The van der Waals surface area contributed by atoms with Crippen LogP contribution in [0.5, 0.6) is 0 Å². The van der Waals surface area contributed by atoms with Crippen LogP contribution in [0.3, 0.4) is 0 Å². The van der Waals surface area contributed by atoms with Gasteiger partial charge in [-0.25, -0.2) is 4.39 Å². The Labute approximate surface area is 170 Å². The van der Waals surface area contributed by atoms with Crippen molar-refractivity contribution in [3.63, 3.8) is 0 Å². The lowest BCUT2D eigenvalue weighted by atomic mass is 9.85. The van der Waals surface area contributed by atoms with Gasteiger partial charge in [-0.3, -0.25) is 9.59 Å². The van der Waals surface area contributed by atoms with E-state index in [4.69, 9.17) is 0 Å². The largest absolute Gasteiger partial charge is 0.389 e. The van der Waals surface area contributed by atoms with E-state index in [-0.39, 0.29) is 24.1 Å². The summed E-state index contributed by atoms with van der Waals surface area (Å²) >= 11 is 0. The second kappa shape index (κ2) is 8.74. The number of likely N-dealkylation sites (tertiary alicyclic amines) is 1. The van der Waals surface area contributed by atoms with Crippen LogP contribution < -0.4 is 0 Å². The van der Waals surface area contributed by atoms with E-state index in [0.29, 0.717) is 49.2 Å². The van der Waals surface area contributed by atoms with Crippen LogP contribution in [0.4, 0.5) is 4.39 Å². The lowest BCUT2D eigenvalue weighted by molar-refractivity contribution is -0.0167. The maximum absolute atomic E-state index is 13.9. The van der Waals surface area contributed by atoms with Gasteiger partial charge >= 0.3 is 0 Å². The van der Waals surface area contributed by atoms with Gasteiger partial charge in [0.05, 0.1) is 5.60 Å². The molecule has 0 saturated carbocycles. The van der Waals surface area contributed by atoms with Crippen molar-refractivity contribution in [3.8, 4) is 0 Å². The van der Waals surface area contributed by atoms with Gasteiger partial charge in [0.25, 0.3) is 11.8 Å². The van der Waals surface area contributed by atoms with E-state index in [1.165, 1.54) is 6.07 Å². The first-order chi connectivity index (χ1) is 13.8. The van der Waals surface area contributed by atoms with Gasteiger partial charge in [-0.1, -0.05) is 24.3 Å². The molecule has 0 aliphatic carbocycles. The van der Waals surface area contributed by atoms with Crippen molar-refractivity contribution in [2.24, 2.45) is 0 Å². The number of hydrogen-bond acceptors (Lipinski definition) is 3. The molecule has 6 heteroatoms. The van der Waals surface area contributed by atoms with Gasteiger partial charge in [0.15, 0.2) is 0 Å². The number of hydrogen-bond donors (Lipinski definition) is 1. The van der Waals surface area contributed by atoms with E-state index in [9.17, 15) is 19.1 Å². The molecule has 29 heavy (non-hydrogen) atoms. The minimum absolute atomic E-state index is 0.125. The molecule has 3 rings (SSSR count). The first-order valence-electron chi connectivity index (χ1n) is 9.93. The Hall–Kier alpha value is -2.73. The zero-order valence-corrected chi connectivity index (χ0v) is 16.9. The number of carbonyl (C=O) groups is 2. The highest BCUT2D eigenvalue weighted by Gasteiger charge is 2.35. The average molecular weight is 398 g/mol. The molecule has 1 heterocycles. The lowest BCUT2D eigenvalue weighted by Gasteiger charge is -2.38. The second-order valence-corrected chi connectivity index (χ2v) is 7.68. The normalized spacial score (nSPS) is 15.8. The number of piperidine rings is 1. The summed E-state index contributed by atoms with van der Waals surface area (Å²) in [6.45, 7) is 3.25. The van der Waals surface area contributed by atoms with E-state index in [2.05, 4.69) is 0 Å². The van der Waals surface area contributed by atoms with Gasteiger partial charge < -0.3 is 14.9 Å². The van der Waals surface area contributed by atoms with Gasteiger partial charge in [0.2, 0.25) is 0 Å². The molecule has 0 bridgehead atoms. The highest BCUT2D eigenvalue weighted by molar-refractivity contribution is 5.99. The minimum atomic E-state index is -1.03. The van der Waals surface area contributed by atoms with Crippen LogP contribution in [0.1, 0.15) is 46.0 Å². The van der Waals surface area contributed by atoms with Gasteiger partial charge in [0, 0.05) is 44.2 Å². The third kappa shape index (κ3) is 4.82. The Bertz CT molecular complexity index is 891. The second-order valence-electron chi connectivity index (χ2n) is 7.68. The number of halogens is 1. The summed E-state index contributed by atoms with van der Waals surface area (Å²) in [5.41, 5.74) is 0.398. The highest BCUT2D eigenvalue weighted by atomic mass is 19.1. The smallest absolute Gasteiger partial charge is 0.253 e. The van der Waals surface area contributed by atoms with E-state index in [1.807, 2.05) is 6.92 Å². The Morgan fingerprint density at radius 1 is 1.10 bits per heavy atom. The van der Waals surface area contributed by atoms with Crippen LogP contribution in [0, 0.1) is 5.82 Å². The quantitative estimate of drug-likeness (QED) is 0.842. The fraction of sp³-hybridized carbons (Fsp3) is 0.391. The van der Waals surface area contributed by atoms with E-state index in [0.717, 1.165) is 0 Å².